The van der Waals surface area contributed by atoms with E-state index in [0.29, 0.717) is 18.9 Å². The van der Waals surface area contributed by atoms with Crippen LogP contribution in [0.2, 0.25) is 0 Å². The summed E-state index contributed by atoms with van der Waals surface area (Å²) in [6, 6.07) is 13.7. The van der Waals surface area contributed by atoms with Gasteiger partial charge in [-0.05, 0) is 43.4 Å². The molecule has 0 atom stereocenters. The molecule has 2 aromatic rings. The first-order valence-corrected chi connectivity index (χ1v) is 7.96. The van der Waals surface area contributed by atoms with Gasteiger partial charge in [0.1, 0.15) is 36.2 Å². The van der Waals surface area contributed by atoms with Crippen molar-refractivity contribution >= 4 is 5.78 Å². The molecule has 0 aliphatic heterocycles. The van der Waals surface area contributed by atoms with Crippen molar-refractivity contribution in [2.24, 2.45) is 0 Å². The SMILES string of the molecule is COc1cccc(OCCN(C)CC(=O)COc2ccc(O)cc2)c1. The monoisotopic (exact) mass is 345 g/mol. The van der Waals surface area contributed by atoms with Gasteiger partial charge >= 0.3 is 0 Å². The first kappa shape index (κ1) is 18.6. The number of rotatable bonds is 10. The van der Waals surface area contributed by atoms with Crippen molar-refractivity contribution in [1.29, 1.82) is 0 Å². The molecular formula is C19H23NO5. The van der Waals surface area contributed by atoms with Crippen molar-refractivity contribution in [3.05, 3.63) is 48.5 Å². The van der Waals surface area contributed by atoms with Crippen LogP contribution in [0.3, 0.4) is 0 Å². The molecule has 0 aliphatic carbocycles. The summed E-state index contributed by atoms with van der Waals surface area (Å²) >= 11 is 0. The minimum atomic E-state index is -0.0306. The van der Waals surface area contributed by atoms with Crippen LogP contribution < -0.4 is 14.2 Å². The summed E-state index contributed by atoms with van der Waals surface area (Å²) in [7, 11) is 3.46. The third kappa shape index (κ3) is 6.73. The van der Waals surface area contributed by atoms with Gasteiger partial charge in [0.15, 0.2) is 5.78 Å². The number of nitrogens with zero attached hydrogens (tertiary/aromatic N) is 1. The average molecular weight is 345 g/mol. The molecule has 0 aliphatic rings. The smallest absolute Gasteiger partial charge is 0.184 e. The molecule has 1 N–H and O–H groups in total. The predicted molar refractivity (Wildman–Crippen MR) is 94.6 cm³/mol. The van der Waals surface area contributed by atoms with E-state index in [0.717, 1.165) is 11.5 Å². The Labute approximate surface area is 147 Å². The number of benzene rings is 2. The fraction of sp³-hybridized carbons (Fsp3) is 0.316. The van der Waals surface area contributed by atoms with Gasteiger partial charge in [0.05, 0.1) is 13.7 Å². The molecule has 0 heterocycles. The van der Waals surface area contributed by atoms with Gasteiger partial charge in [-0.2, -0.15) is 0 Å². The molecule has 6 nitrogen and oxygen atoms in total. The molecule has 0 bridgehead atoms. The first-order valence-electron chi connectivity index (χ1n) is 7.96. The number of phenolic OH excluding ortho intramolecular Hbond substituents is 1. The molecule has 0 saturated carbocycles. The Bertz CT molecular complexity index is 672. The summed E-state index contributed by atoms with van der Waals surface area (Å²) in [5.41, 5.74) is 0. The molecule has 0 saturated heterocycles. The molecule has 0 aromatic heterocycles. The van der Waals surface area contributed by atoms with Crippen LogP contribution in [-0.4, -0.2) is 56.3 Å². The summed E-state index contributed by atoms with van der Waals surface area (Å²) < 4.78 is 16.2. The zero-order valence-corrected chi connectivity index (χ0v) is 14.5. The third-order valence-electron chi connectivity index (χ3n) is 3.47. The van der Waals surface area contributed by atoms with E-state index < -0.39 is 0 Å². The summed E-state index contributed by atoms with van der Waals surface area (Å²) in [4.78, 5) is 13.8. The lowest BCUT2D eigenvalue weighted by Crippen LogP contribution is -2.32. The molecule has 2 rings (SSSR count). The minimum absolute atomic E-state index is 0.00808. The second-order valence-corrected chi connectivity index (χ2v) is 5.59. The standard InChI is InChI=1S/C19H23NO5/c1-20(10-11-24-19-5-3-4-18(12-19)23-2)13-16(22)14-25-17-8-6-15(21)7-9-17/h3-9,12,21H,10-11,13-14H2,1-2H3. The highest BCUT2D eigenvalue weighted by molar-refractivity contribution is 5.81. The highest BCUT2D eigenvalue weighted by Crippen LogP contribution is 2.18. The Morgan fingerprint density at radius 3 is 2.48 bits per heavy atom. The first-order chi connectivity index (χ1) is 12.1. The van der Waals surface area contributed by atoms with Crippen molar-refractivity contribution in [3.8, 4) is 23.0 Å². The number of hydrogen-bond acceptors (Lipinski definition) is 6. The number of carbonyl (C=O) groups excluding carboxylic acids is 1. The molecule has 0 unspecified atom stereocenters. The summed E-state index contributed by atoms with van der Waals surface area (Å²) in [6.45, 7) is 1.35. The quantitative estimate of drug-likeness (QED) is 0.713. The lowest BCUT2D eigenvalue weighted by atomic mass is 10.3. The lowest BCUT2D eigenvalue weighted by Gasteiger charge is -2.16. The van der Waals surface area contributed by atoms with Gasteiger partial charge in [0, 0.05) is 12.6 Å². The summed E-state index contributed by atoms with van der Waals surface area (Å²) in [5, 5.41) is 9.20. The van der Waals surface area contributed by atoms with Crippen molar-refractivity contribution in [2.45, 2.75) is 0 Å². The molecule has 6 heteroatoms. The largest absolute Gasteiger partial charge is 0.508 e. The maximum atomic E-state index is 11.9. The van der Waals surface area contributed by atoms with E-state index in [1.54, 1.807) is 19.2 Å². The number of hydrogen-bond donors (Lipinski definition) is 1. The number of carbonyl (C=O) groups is 1. The molecule has 0 fully saturated rings. The van der Waals surface area contributed by atoms with E-state index in [1.807, 2.05) is 36.2 Å². The minimum Gasteiger partial charge on any atom is -0.508 e. The zero-order chi connectivity index (χ0) is 18.1. The van der Waals surface area contributed by atoms with Gasteiger partial charge < -0.3 is 19.3 Å². The van der Waals surface area contributed by atoms with Crippen LogP contribution in [0.1, 0.15) is 0 Å². The van der Waals surface area contributed by atoms with Gasteiger partial charge in [-0.25, -0.2) is 0 Å². The molecule has 0 radical (unpaired) electrons. The fourth-order valence-corrected chi connectivity index (χ4v) is 2.14. The molecule has 0 spiro atoms. The molecule has 25 heavy (non-hydrogen) atoms. The second-order valence-electron chi connectivity index (χ2n) is 5.59. The van der Waals surface area contributed by atoms with Gasteiger partial charge in [0.2, 0.25) is 0 Å². The Kier molecular flexibility index (Phi) is 7.10. The molecular weight excluding hydrogens is 322 g/mol. The topological polar surface area (TPSA) is 68.2 Å². The van der Waals surface area contributed by atoms with Crippen LogP contribution in [0.5, 0.6) is 23.0 Å². The van der Waals surface area contributed by atoms with Crippen LogP contribution in [-0.2, 0) is 4.79 Å². The Balaban J connectivity index is 1.66. The van der Waals surface area contributed by atoms with Crippen LogP contribution in [0, 0.1) is 0 Å². The van der Waals surface area contributed by atoms with Gasteiger partial charge in [-0.15, -0.1) is 0 Å². The predicted octanol–water partition coefficient (Wildman–Crippen LogP) is 2.36. The fourth-order valence-electron chi connectivity index (χ4n) is 2.14. The van der Waals surface area contributed by atoms with Crippen molar-refractivity contribution in [3.63, 3.8) is 0 Å². The number of ether oxygens (including phenoxy) is 3. The van der Waals surface area contributed by atoms with E-state index in [4.69, 9.17) is 14.2 Å². The van der Waals surface area contributed by atoms with Crippen LogP contribution in [0.25, 0.3) is 0 Å². The maximum Gasteiger partial charge on any atom is 0.184 e. The van der Waals surface area contributed by atoms with Crippen LogP contribution in [0.4, 0.5) is 0 Å². The van der Waals surface area contributed by atoms with Crippen LogP contribution >= 0.6 is 0 Å². The van der Waals surface area contributed by atoms with E-state index in [-0.39, 0.29) is 24.7 Å². The average Bonchev–Trinajstić information content (AvgIpc) is 2.61. The van der Waals surface area contributed by atoms with E-state index in [1.165, 1.54) is 12.1 Å². The number of ketones is 1. The third-order valence-corrected chi connectivity index (χ3v) is 3.47. The Morgan fingerprint density at radius 1 is 1.04 bits per heavy atom. The van der Waals surface area contributed by atoms with E-state index in [9.17, 15) is 9.90 Å². The van der Waals surface area contributed by atoms with Gasteiger partial charge in [-0.1, -0.05) is 6.07 Å². The molecule has 0 amide bonds. The Morgan fingerprint density at radius 2 is 1.76 bits per heavy atom. The number of Topliss-reactive ketones (excluding diaryl/α,β-unsaturated/α-hetero) is 1. The van der Waals surface area contributed by atoms with E-state index in [2.05, 4.69) is 0 Å². The second kappa shape index (κ2) is 9.54. The van der Waals surface area contributed by atoms with Crippen molar-refractivity contribution in [1.82, 2.24) is 4.90 Å². The number of aromatic hydroxyl groups is 1. The van der Waals surface area contributed by atoms with Crippen molar-refractivity contribution in [2.75, 3.05) is 40.5 Å². The Hall–Kier alpha value is -2.73. The van der Waals surface area contributed by atoms with Crippen molar-refractivity contribution < 1.29 is 24.1 Å². The summed E-state index contributed by atoms with van der Waals surface area (Å²) in [6.07, 6.45) is 0. The van der Waals surface area contributed by atoms with E-state index >= 15 is 0 Å². The number of methoxy groups -OCH3 is 1. The van der Waals surface area contributed by atoms with Crippen LogP contribution in [0.15, 0.2) is 48.5 Å². The zero-order valence-electron chi connectivity index (χ0n) is 14.5. The summed E-state index contributed by atoms with van der Waals surface area (Å²) in [5.74, 6) is 2.16. The number of likely N-dealkylation sites (N-methyl/N-ethyl adjacent to an activating group) is 1. The van der Waals surface area contributed by atoms with Gasteiger partial charge in [0.25, 0.3) is 0 Å². The van der Waals surface area contributed by atoms with Gasteiger partial charge in [-0.3, -0.25) is 9.69 Å². The maximum absolute atomic E-state index is 11.9. The molecule has 2 aromatic carbocycles. The number of phenols is 1. The normalized spacial score (nSPS) is 10.5. The lowest BCUT2D eigenvalue weighted by molar-refractivity contribution is -0.121. The highest BCUT2D eigenvalue weighted by atomic mass is 16.5. The molecule has 134 valence electrons. The highest BCUT2D eigenvalue weighted by Gasteiger charge is 2.08.